The van der Waals surface area contributed by atoms with Crippen molar-refractivity contribution >= 4 is 0 Å². The number of rotatable bonds is 4. The molecule has 0 amide bonds. The first-order valence-corrected chi connectivity index (χ1v) is 8.51. The van der Waals surface area contributed by atoms with E-state index in [1.165, 1.54) is 11.1 Å². The van der Waals surface area contributed by atoms with Crippen LogP contribution in [0.1, 0.15) is 60.3 Å². The Hall–Kier alpha value is -0.860. The van der Waals surface area contributed by atoms with Gasteiger partial charge < -0.3 is 10.2 Å². The molecule has 2 aliphatic rings. The molecule has 0 heterocycles. The summed E-state index contributed by atoms with van der Waals surface area (Å²) in [6, 6.07) is 0. The molecular formula is C20H32O2. The van der Waals surface area contributed by atoms with Crippen molar-refractivity contribution in [3.63, 3.8) is 0 Å². The second kappa shape index (κ2) is 5.65. The van der Waals surface area contributed by atoms with Crippen LogP contribution in [0.5, 0.6) is 0 Å². The van der Waals surface area contributed by atoms with Gasteiger partial charge in [0, 0.05) is 0 Å². The zero-order valence-electron chi connectivity index (χ0n) is 14.8. The van der Waals surface area contributed by atoms with Crippen molar-refractivity contribution in [1.82, 2.24) is 0 Å². The van der Waals surface area contributed by atoms with Gasteiger partial charge in [-0.25, -0.2) is 0 Å². The number of fused-ring (bicyclic) bond motifs is 1. The monoisotopic (exact) mass is 304 g/mol. The van der Waals surface area contributed by atoms with Gasteiger partial charge in [-0.05, 0) is 60.5 Å². The summed E-state index contributed by atoms with van der Waals surface area (Å²) >= 11 is 0. The van der Waals surface area contributed by atoms with Gasteiger partial charge in [0.1, 0.15) is 0 Å². The summed E-state index contributed by atoms with van der Waals surface area (Å²) in [5.74, 6) is 0.150. The van der Waals surface area contributed by atoms with Crippen molar-refractivity contribution in [2.75, 3.05) is 0 Å². The average Bonchev–Trinajstić information content (AvgIpc) is 2.44. The Kier molecular flexibility index (Phi) is 4.49. The van der Waals surface area contributed by atoms with Crippen LogP contribution in [0.15, 0.2) is 36.0 Å². The highest BCUT2D eigenvalue weighted by Crippen LogP contribution is 2.55. The Morgan fingerprint density at radius 2 is 2.00 bits per heavy atom. The van der Waals surface area contributed by atoms with Gasteiger partial charge in [0.2, 0.25) is 0 Å². The van der Waals surface area contributed by atoms with E-state index in [4.69, 9.17) is 0 Å². The van der Waals surface area contributed by atoms with Gasteiger partial charge in [-0.15, -0.1) is 6.58 Å². The Morgan fingerprint density at radius 1 is 1.36 bits per heavy atom. The average molecular weight is 304 g/mol. The Bertz CT molecular complexity index is 510. The van der Waals surface area contributed by atoms with Crippen molar-refractivity contribution in [2.24, 2.45) is 16.7 Å². The molecule has 2 aliphatic carbocycles. The lowest BCUT2D eigenvalue weighted by molar-refractivity contribution is 0.0409. The number of aliphatic hydroxyl groups is 2. The van der Waals surface area contributed by atoms with Crippen LogP contribution >= 0.6 is 0 Å². The summed E-state index contributed by atoms with van der Waals surface area (Å²) in [5.41, 5.74) is 1.87. The minimum Gasteiger partial charge on any atom is -0.389 e. The maximum absolute atomic E-state index is 10.6. The number of allylic oxidation sites excluding steroid dienone is 3. The van der Waals surface area contributed by atoms with Gasteiger partial charge in [0.25, 0.3) is 0 Å². The van der Waals surface area contributed by atoms with Crippen LogP contribution in [0.3, 0.4) is 0 Å². The fourth-order valence-corrected chi connectivity index (χ4v) is 3.96. The molecule has 0 aromatic heterocycles. The molecule has 4 atom stereocenters. The highest BCUT2D eigenvalue weighted by Gasteiger charge is 2.47. The van der Waals surface area contributed by atoms with Crippen molar-refractivity contribution in [3.8, 4) is 0 Å². The molecule has 0 aliphatic heterocycles. The van der Waals surface area contributed by atoms with Crippen LogP contribution in [-0.4, -0.2) is 21.9 Å². The quantitative estimate of drug-likeness (QED) is 0.756. The smallest absolute Gasteiger partial charge is 0.0797 e. The van der Waals surface area contributed by atoms with Gasteiger partial charge in [0.15, 0.2) is 0 Å². The van der Waals surface area contributed by atoms with Gasteiger partial charge in [-0.3, -0.25) is 0 Å². The molecular weight excluding hydrogens is 272 g/mol. The van der Waals surface area contributed by atoms with Crippen LogP contribution in [0.4, 0.5) is 0 Å². The molecule has 2 nitrogen and oxygen atoms in total. The van der Waals surface area contributed by atoms with E-state index < -0.39 is 11.7 Å². The maximum atomic E-state index is 10.6. The van der Waals surface area contributed by atoms with E-state index >= 15 is 0 Å². The number of hydrogen-bond acceptors (Lipinski definition) is 2. The van der Waals surface area contributed by atoms with Crippen LogP contribution < -0.4 is 0 Å². The molecule has 0 spiro atoms. The summed E-state index contributed by atoms with van der Waals surface area (Å²) in [6.45, 7) is 14.5. The molecule has 0 bridgehead atoms. The molecule has 0 aromatic carbocycles. The summed E-state index contributed by atoms with van der Waals surface area (Å²) in [4.78, 5) is 0. The zero-order chi connectivity index (χ0) is 16.8. The fourth-order valence-electron chi connectivity index (χ4n) is 3.96. The van der Waals surface area contributed by atoms with Crippen molar-refractivity contribution < 1.29 is 10.2 Å². The molecule has 0 saturated heterocycles. The van der Waals surface area contributed by atoms with Crippen LogP contribution in [0.25, 0.3) is 0 Å². The first-order chi connectivity index (χ1) is 10.0. The zero-order valence-corrected chi connectivity index (χ0v) is 14.8. The predicted molar refractivity (Wildman–Crippen MR) is 92.5 cm³/mol. The third-order valence-electron chi connectivity index (χ3n) is 6.20. The minimum absolute atomic E-state index is 0.103. The summed E-state index contributed by atoms with van der Waals surface area (Å²) < 4.78 is 0. The topological polar surface area (TPSA) is 40.5 Å². The number of hydrogen-bond donors (Lipinski definition) is 2. The Labute approximate surface area is 135 Å². The van der Waals surface area contributed by atoms with Gasteiger partial charge >= 0.3 is 0 Å². The molecule has 124 valence electrons. The molecule has 2 heteroatoms. The van der Waals surface area contributed by atoms with Gasteiger partial charge in [-0.1, -0.05) is 45.9 Å². The summed E-state index contributed by atoms with van der Waals surface area (Å²) in [7, 11) is 0. The van der Waals surface area contributed by atoms with Crippen molar-refractivity contribution in [2.45, 2.75) is 72.0 Å². The predicted octanol–water partition coefficient (Wildman–Crippen LogP) is 4.39. The molecule has 22 heavy (non-hydrogen) atoms. The first kappa shape index (κ1) is 17.5. The van der Waals surface area contributed by atoms with Crippen molar-refractivity contribution in [3.05, 3.63) is 36.0 Å². The third-order valence-corrected chi connectivity index (χ3v) is 6.20. The Morgan fingerprint density at radius 3 is 2.59 bits per heavy atom. The lowest BCUT2D eigenvalue weighted by Gasteiger charge is -2.50. The van der Waals surface area contributed by atoms with E-state index in [1.807, 2.05) is 6.92 Å². The molecule has 2 rings (SSSR count). The third kappa shape index (κ3) is 2.96. The highest BCUT2D eigenvalue weighted by atomic mass is 16.3. The van der Waals surface area contributed by atoms with E-state index in [2.05, 4.69) is 46.4 Å². The molecule has 0 radical (unpaired) electrons. The molecule has 0 unspecified atom stereocenters. The first-order valence-electron chi connectivity index (χ1n) is 8.51. The van der Waals surface area contributed by atoms with Gasteiger partial charge in [-0.2, -0.15) is 0 Å². The van der Waals surface area contributed by atoms with E-state index in [9.17, 15) is 10.2 Å². The fraction of sp³-hybridized carbons (Fsp3) is 0.700. The summed E-state index contributed by atoms with van der Waals surface area (Å²) in [5, 5.41) is 20.9. The van der Waals surface area contributed by atoms with E-state index in [0.717, 1.165) is 19.3 Å². The Balaban J connectivity index is 2.39. The van der Waals surface area contributed by atoms with E-state index in [1.54, 1.807) is 6.08 Å². The normalized spacial score (nSPS) is 36.7. The largest absolute Gasteiger partial charge is 0.389 e. The SMILES string of the molecule is C=C[C@@](C)(O)CC[C@@]1(C)C2=CCCC(C)(C)C2=C[C@H](O)[C@H]1C. The standard InChI is InChI=1S/C20H32O2/c1-7-19(5,22)11-12-20(6)14(2)17(21)13-16-15(20)9-8-10-18(16,3)4/h7,9,13-14,17,21-22H,1,8,10-12H2,2-6H3/t14-,17+,19-,20-/m1/s1. The molecule has 2 N–H and O–H groups in total. The second-order valence-corrected chi connectivity index (χ2v) is 8.38. The minimum atomic E-state index is -0.847. The second-order valence-electron chi connectivity index (χ2n) is 8.38. The van der Waals surface area contributed by atoms with Crippen LogP contribution in [0, 0.1) is 16.7 Å². The lowest BCUT2D eigenvalue weighted by atomic mass is 9.55. The molecule has 0 saturated carbocycles. The van der Waals surface area contributed by atoms with E-state index in [-0.39, 0.29) is 16.7 Å². The van der Waals surface area contributed by atoms with E-state index in [0.29, 0.717) is 6.42 Å². The van der Waals surface area contributed by atoms with Crippen LogP contribution in [0.2, 0.25) is 0 Å². The summed E-state index contributed by atoms with van der Waals surface area (Å²) in [6.07, 6.45) is 9.38. The maximum Gasteiger partial charge on any atom is 0.0797 e. The van der Waals surface area contributed by atoms with Crippen LogP contribution in [-0.2, 0) is 0 Å². The molecule has 0 aromatic rings. The molecule has 0 fully saturated rings. The highest BCUT2D eigenvalue weighted by molar-refractivity contribution is 5.46. The number of aliphatic hydroxyl groups excluding tert-OH is 1. The van der Waals surface area contributed by atoms with Gasteiger partial charge in [0.05, 0.1) is 11.7 Å². The van der Waals surface area contributed by atoms with Crippen molar-refractivity contribution in [1.29, 1.82) is 0 Å². The lowest BCUT2D eigenvalue weighted by Crippen LogP contribution is -2.43.